The van der Waals surface area contributed by atoms with Crippen molar-refractivity contribution in [2.45, 2.75) is 32.8 Å². The van der Waals surface area contributed by atoms with Crippen LogP contribution in [0.3, 0.4) is 0 Å². The molecule has 0 aliphatic carbocycles. The SMILES string of the molecule is CCOc1cc2nc(CC)c(C#N)c(Nc3ccc(OCc4ccc(C5COC5)nc4)c(Cl)c3)c2cc1NC(=O)/C=C/CN(C)C. The topological polar surface area (TPSA) is 122 Å². The van der Waals surface area contributed by atoms with E-state index < -0.39 is 0 Å². The van der Waals surface area contributed by atoms with Crippen LogP contribution in [-0.4, -0.2) is 61.2 Å². The van der Waals surface area contributed by atoms with Crippen LogP contribution in [0.2, 0.25) is 5.02 Å². The molecule has 10 nitrogen and oxygen atoms in total. The predicted molar refractivity (Wildman–Crippen MR) is 180 cm³/mol. The second kappa shape index (κ2) is 15.1. The van der Waals surface area contributed by atoms with Gasteiger partial charge in [0.2, 0.25) is 5.91 Å². The van der Waals surface area contributed by atoms with Gasteiger partial charge in [-0.15, -0.1) is 0 Å². The van der Waals surface area contributed by atoms with Crippen LogP contribution < -0.4 is 20.1 Å². The predicted octanol–water partition coefficient (Wildman–Crippen LogP) is 6.61. The van der Waals surface area contributed by atoms with Crippen LogP contribution in [-0.2, 0) is 22.6 Å². The number of aryl methyl sites for hydroxylation is 1. The highest BCUT2D eigenvalue weighted by Gasteiger charge is 2.22. The van der Waals surface area contributed by atoms with E-state index in [-0.39, 0.29) is 5.91 Å². The Bertz CT molecular complexity index is 1780. The van der Waals surface area contributed by atoms with Gasteiger partial charge in [-0.3, -0.25) is 14.8 Å². The second-order valence-corrected chi connectivity index (χ2v) is 11.5. The summed E-state index contributed by atoms with van der Waals surface area (Å²) < 4.78 is 17.1. The van der Waals surface area contributed by atoms with E-state index in [2.05, 4.69) is 21.7 Å². The number of likely N-dealkylation sites (N-methyl/N-ethyl adjacent to an activating group) is 1. The molecule has 1 fully saturated rings. The fraction of sp³-hybridized carbons (Fsp3) is 0.314. The van der Waals surface area contributed by atoms with Crippen molar-refractivity contribution in [2.75, 3.05) is 51.1 Å². The van der Waals surface area contributed by atoms with E-state index in [9.17, 15) is 10.1 Å². The van der Waals surface area contributed by atoms with Gasteiger partial charge in [0.05, 0.1) is 53.0 Å². The molecule has 2 N–H and O–H groups in total. The lowest BCUT2D eigenvalue weighted by molar-refractivity contribution is -0.111. The first-order valence-electron chi connectivity index (χ1n) is 15.2. The quantitative estimate of drug-likeness (QED) is 0.155. The summed E-state index contributed by atoms with van der Waals surface area (Å²) in [5.74, 6) is 1.08. The first-order chi connectivity index (χ1) is 22.3. The van der Waals surface area contributed by atoms with Gasteiger partial charge in [0, 0.05) is 53.1 Å². The van der Waals surface area contributed by atoms with Crippen molar-refractivity contribution in [1.29, 1.82) is 5.26 Å². The minimum atomic E-state index is -0.294. The molecule has 46 heavy (non-hydrogen) atoms. The van der Waals surface area contributed by atoms with Gasteiger partial charge >= 0.3 is 0 Å². The molecule has 0 unspecified atom stereocenters. The Morgan fingerprint density at radius 1 is 1.15 bits per heavy atom. The lowest BCUT2D eigenvalue weighted by atomic mass is 10.0. The Morgan fingerprint density at radius 3 is 2.61 bits per heavy atom. The summed E-state index contributed by atoms with van der Waals surface area (Å²) in [5.41, 5.74) is 5.30. The Labute approximate surface area is 274 Å². The Hall–Kier alpha value is -4.69. The molecule has 0 bridgehead atoms. The highest BCUT2D eigenvalue weighted by Crippen LogP contribution is 2.38. The summed E-state index contributed by atoms with van der Waals surface area (Å²) in [5, 5.41) is 17.6. The average Bonchev–Trinajstić information content (AvgIpc) is 3.00. The number of amides is 1. The number of ether oxygens (including phenoxy) is 3. The number of carbonyl (C=O) groups is 1. The molecule has 1 aliphatic rings. The van der Waals surface area contributed by atoms with Crippen LogP contribution >= 0.6 is 11.6 Å². The van der Waals surface area contributed by atoms with E-state index in [1.165, 1.54) is 6.08 Å². The Balaban J connectivity index is 1.42. The number of halogens is 1. The van der Waals surface area contributed by atoms with Crippen molar-refractivity contribution < 1.29 is 19.0 Å². The number of fused-ring (bicyclic) bond motifs is 1. The molecule has 0 radical (unpaired) electrons. The largest absolute Gasteiger partial charge is 0.492 e. The molecule has 5 rings (SSSR count). The zero-order chi connectivity index (χ0) is 32.6. The maximum atomic E-state index is 12.8. The van der Waals surface area contributed by atoms with Crippen molar-refractivity contribution >= 4 is 45.5 Å². The van der Waals surface area contributed by atoms with Crippen LogP contribution in [0.5, 0.6) is 11.5 Å². The van der Waals surface area contributed by atoms with Gasteiger partial charge in [0.1, 0.15) is 24.2 Å². The highest BCUT2D eigenvalue weighted by molar-refractivity contribution is 6.32. The number of anilines is 3. The van der Waals surface area contributed by atoms with Gasteiger partial charge in [-0.05, 0) is 57.8 Å². The number of nitriles is 1. The molecule has 1 saturated heterocycles. The van der Waals surface area contributed by atoms with E-state index in [0.29, 0.717) is 101 Å². The molecular weight excluding hydrogens is 604 g/mol. The number of pyridine rings is 2. The smallest absolute Gasteiger partial charge is 0.248 e. The van der Waals surface area contributed by atoms with Crippen LogP contribution in [0.4, 0.5) is 17.1 Å². The monoisotopic (exact) mass is 640 g/mol. The van der Waals surface area contributed by atoms with Gasteiger partial charge in [0.25, 0.3) is 0 Å². The molecule has 0 spiro atoms. The molecule has 0 atom stereocenters. The molecule has 11 heteroatoms. The summed E-state index contributed by atoms with van der Waals surface area (Å²) in [4.78, 5) is 24.0. The van der Waals surface area contributed by atoms with Crippen molar-refractivity contribution in [1.82, 2.24) is 14.9 Å². The molecule has 1 aliphatic heterocycles. The number of nitrogens with zero attached hydrogens (tertiary/aromatic N) is 4. The van der Waals surface area contributed by atoms with Gasteiger partial charge in [-0.1, -0.05) is 30.7 Å². The molecule has 4 aromatic rings. The third kappa shape index (κ3) is 7.74. The van der Waals surface area contributed by atoms with E-state index in [1.807, 2.05) is 57.2 Å². The summed E-state index contributed by atoms with van der Waals surface area (Å²) >= 11 is 6.66. The number of hydrogen-bond acceptors (Lipinski definition) is 9. The summed E-state index contributed by atoms with van der Waals surface area (Å²) in [6.07, 6.45) is 5.63. The summed E-state index contributed by atoms with van der Waals surface area (Å²) in [7, 11) is 3.85. The van der Waals surface area contributed by atoms with E-state index >= 15 is 0 Å². The zero-order valence-electron chi connectivity index (χ0n) is 26.4. The van der Waals surface area contributed by atoms with E-state index in [0.717, 1.165) is 11.3 Å². The van der Waals surface area contributed by atoms with Crippen molar-refractivity contribution in [3.63, 3.8) is 0 Å². The minimum absolute atomic E-state index is 0.294. The van der Waals surface area contributed by atoms with Gasteiger partial charge in [-0.2, -0.15) is 5.26 Å². The first-order valence-corrected chi connectivity index (χ1v) is 15.5. The minimum Gasteiger partial charge on any atom is -0.492 e. The normalized spacial score (nSPS) is 13.1. The lowest BCUT2D eigenvalue weighted by Crippen LogP contribution is -2.25. The number of carbonyl (C=O) groups excluding carboxylic acids is 1. The number of hydrogen-bond donors (Lipinski definition) is 2. The van der Waals surface area contributed by atoms with Crippen LogP contribution in [0.15, 0.2) is 60.8 Å². The van der Waals surface area contributed by atoms with Crippen LogP contribution in [0.25, 0.3) is 10.9 Å². The number of nitrogens with one attached hydrogen (secondary N) is 2. The third-order valence-corrected chi connectivity index (χ3v) is 7.70. The second-order valence-electron chi connectivity index (χ2n) is 11.1. The summed E-state index contributed by atoms with van der Waals surface area (Å²) in [6.45, 7) is 6.59. The van der Waals surface area contributed by atoms with Crippen molar-refractivity contribution in [3.8, 4) is 17.6 Å². The van der Waals surface area contributed by atoms with E-state index in [4.69, 9.17) is 30.8 Å². The van der Waals surface area contributed by atoms with Crippen LogP contribution in [0.1, 0.15) is 42.3 Å². The van der Waals surface area contributed by atoms with Crippen molar-refractivity contribution in [3.05, 3.63) is 88.4 Å². The van der Waals surface area contributed by atoms with Crippen LogP contribution in [0, 0.1) is 11.3 Å². The van der Waals surface area contributed by atoms with Gasteiger partial charge in [0.15, 0.2) is 0 Å². The van der Waals surface area contributed by atoms with E-state index in [1.54, 1.807) is 30.3 Å². The summed E-state index contributed by atoms with van der Waals surface area (Å²) in [6, 6.07) is 15.3. The average molecular weight is 641 g/mol. The number of rotatable bonds is 13. The lowest BCUT2D eigenvalue weighted by Gasteiger charge is -2.25. The fourth-order valence-electron chi connectivity index (χ4n) is 4.94. The molecule has 238 valence electrons. The zero-order valence-corrected chi connectivity index (χ0v) is 27.1. The molecule has 3 heterocycles. The third-order valence-electron chi connectivity index (χ3n) is 7.40. The Morgan fingerprint density at radius 2 is 1.98 bits per heavy atom. The first kappa shape index (κ1) is 32.7. The van der Waals surface area contributed by atoms with Gasteiger partial charge < -0.3 is 29.7 Å². The standard InChI is InChI=1S/C35H37ClN6O4/c1-5-28-26(17-37)35(25-15-31(33(45-6-2)16-30(25)40-28)41-34(43)8-7-13-42(3)4)39-24-10-12-32(27(36)14-24)46-19-22-9-11-29(38-18-22)23-20-44-21-23/h7-12,14-16,18,23H,5-6,13,19-21H2,1-4H3,(H,39,40)(H,41,43)/b8-7+. The molecule has 1 amide bonds. The Kier molecular flexibility index (Phi) is 10.7. The fourth-order valence-corrected chi connectivity index (χ4v) is 5.17. The number of benzene rings is 2. The molecule has 2 aromatic heterocycles. The number of aromatic nitrogens is 2. The molecular formula is C35H37ClN6O4. The maximum Gasteiger partial charge on any atom is 0.248 e. The maximum absolute atomic E-state index is 12.8. The molecule has 2 aromatic carbocycles. The molecule has 0 saturated carbocycles. The highest BCUT2D eigenvalue weighted by atomic mass is 35.5. The van der Waals surface area contributed by atoms with Crippen molar-refractivity contribution in [2.24, 2.45) is 0 Å². The van der Waals surface area contributed by atoms with Gasteiger partial charge in [-0.25, -0.2) is 0 Å².